The van der Waals surface area contributed by atoms with Crippen LogP contribution in [0.2, 0.25) is 0 Å². The maximum atomic E-state index is 12.7. The zero-order valence-corrected chi connectivity index (χ0v) is 19.7. The zero-order valence-electron chi connectivity index (χ0n) is 18.8. The molecule has 8 nitrogen and oxygen atoms in total. The summed E-state index contributed by atoms with van der Waals surface area (Å²) in [5, 5.41) is 5.08. The SMILES string of the molecule is Cc1nc2c(s1)N(C)c1nc(Nc3ccc(N4CCN(C)CC4)cc3C)ncc1CC2=O. The standard InChI is InChI=1S/C23H27N7OS/c1-14-11-17(30-9-7-28(3)8-10-30)5-6-18(14)26-23-24-13-16-12-19(31)20-22(32-15(2)25-20)29(4)21(16)27-23/h5-6,11,13H,7-10,12H2,1-4H3,(H,24,26,27). The van der Waals surface area contributed by atoms with Crippen LogP contribution in [0.1, 0.15) is 26.6 Å². The van der Waals surface area contributed by atoms with Gasteiger partial charge in [-0.25, -0.2) is 9.97 Å². The number of anilines is 5. The van der Waals surface area contributed by atoms with E-state index in [1.165, 1.54) is 17.0 Å². The third-order valence-electron chi connectivity index (χ3n) is 6.12. The summed E-state index contributed by atoms with van der Waals surface area (Å²) in [5.41, 5.74) is 4.70. The van der Waals surface area contributed by atoms with Crippen LogP contribution < -0.4 is 15.1 Å². The van der Waals surface area contributed by atoms with Gasteiger partial charge in [-0.2, -0.15) is 4.98 Å². The predicted octanol–water partition coefficient (Wildman–Crippen LogP) is 3.55. The molecule has 9 heteroatoms. The number of carbonyl (C=O) groups excluding carboxylic acids is 1. The van der Waals surface area contributed by atoms with E-state index in [2.05, 4.69) is 57.3 Å². The largest absolute Gasteiger partial charge is 0.369 e. The summed E-state index contributed by atoms with van der Waals surface area (Å²) in [7, 11) is 4.10. The number of aromatic nitrogens is 3. The van der Waals surface area contributed by atoms with Crippen LogP contribution in [0.5, 0.6) is 0 Å². The highest BCUT2D eigenvalue weighted by molar-refractivity contribution is 7.16. The lowest BCUT2D eigenvalue weighted by atomic mass is 10.1. The summed E-state index contributed by atoms with van der Waals surface area (Å²) in [6.45, 7) is 8.27. The molecule has 4 heterocycles. The molecule has 3 aromatic rings. The number of carbonyl (C=O) groups is 1. The fraction of sp³-hybridized carbons (Fsp3) is 0.391. The summed E-state index contributed by atoms with van der Waals surface area (Å²) in [6.07, 6.45) is 2.01. The van der Waals surface area contributed by atoms with Gasteiger partial charge in [-0.15, -0.1) is 11.3 Å². The first kappa shape index (κ1) is 20.8. The van der Waals surface area contributed by atoms with E-state index in [0.29, 0.717) is 11.6 Å². The minimum absolute atomic E-state index is 0.00889. The van der Waals surface area contributed by atoms with Crippen LogP contribution in [0.3, 0.4) is 0 Å². The quantitative estimate of drug-likeness (QED) is 0.651. The molecule has 1 N–H and O–H groups in total. The zero-order chi connectivity index (χ0) is 22.4. The van der Waals surface area contributed by atoms with Crippen LogP contribution in [0.15, 0.2) is 24.4 Å². The summed E-state index contributed by atoms with van der Waals surface area (Å²) < 4.78 is 0. The number of Topliss-reactive ketones (excluding diaryl/α,β-unsaturated/α-hetero) is 1. The van der Waals surface area contributed by atoms with Gasteiger partial charge in [0.2, 0.25) is 5.95 Å². The minimum atomic E-state index is 0.00889. The Labute approximate surface area is 191 Å². The van der Waals surface area contributed by atoms with Crippen LogP contribution in [0.25, 0.3) is 0 Å². The van der Waals surface area contributed by atoms with Gasteiger partial charge >= 0.3 is 0 Å². The van der Waals surface area contributed by atoms with Crippen molar-refractivity contribution < 1.29 is 4.79 Å². The average Bonchev–Trinajstić information content (AvgIpc) is 3.14. The van der Waals surface area contributed by atoms with Crippen molar-refractivity contribution in [2.24, 2.45) is 0 Å². The molecule has 32 heavy (non-hydrogen) atoms. The number of thiazole rings is 1. The lowest BCUT2D eigenvalue weighted by Gasteiger charge is -2.34. The van der Waals surface area contributed by atoms with Gasteiger partial charge in [0, 0.05) is 62.8 Å². The van der Waals surface area contributed by atoms with E-state index >= 15 is 0 Å². The van der Waals surface area contributed by atoms with Gasteiger partial charge in [-0.05, 0) is 44.7 Å². The second-order valence-electron chi connectivity index (χ2n) is 8.50. The molecule has 1 fully saturated rings. The van der Waals surface area contributed by atoms with Crippen LogP contribution >= 0.6 is 11.3 Å². The van der Waals surface area contributed by atoms with Crippen molar-refractivity contribution in [1.29, 1.82) is 0 Å². The van der Waals surface area contributed by atoms with Crippen molar-refractivity contribution >= 4 is 45.3 Å². The highest BCUT2D eigenvalue weighted by Gasteiger charge is 2.28. The van der Waals surface area contributed by atoms with Gasteiger partial charge in [0.05, 0.1) is 5.01 Å². The Kier molecular flexibility index (Phi) is 5.30. The van der Waals surface area contributed by atoms with Crippen LogP contribution in [-0.2, 0) is 6.42 Å². The van der Waals surface area contributed by atoms with Crippen LogP contribution in [-0.4, -0.2) is 65.9 Å². The molecule has 2 aliphatic rings. The Bertz CT molecular complexity index is 1180. The first-order valence-electron chi connectivity index (χ1n) is 10.8. The molecule has 0 spiro atoms. The molecular formula is C23H27N7OS. The Hall–Kier alpha value is -3.04. The van der Waals surface area contributed by atoms with Crippen molar-refractivity contribution in [2.75, 3.05) is 55.4 Å². The van der Waals surface area contributed by atoms with Crippen molar-refractivity contribution in [3.63, 3.8) is 0 Å². The molecule has 5 rings (SSSR count). The van der Waals surface area contributed by atoms with Crippen molar-refractivity contribution in [2.45, 2.75) is 20.3 Å². The first-order chi connectivity index (χ1) is 15.4. The molecule has 0 aliphatic carbocycles. The number of fused-ring (bicyclic) bond motifs is 2. The molecule has 0 radical (unpaired) electrons. The molecule has 1 saturated heterocycles. The summed E-state index contributed by atoms with van der Waals surface area (Å²) in [6, 6.07) is 6.46. The van der Waals surface area contributed by atoms with Gasteiger partial charge in [0.15, 0.2) is 5.78 Å². The molecule has 0 amide bonds. The molecule has 0 unspecified atom stereocenters. The number of ketones is 1. The van der Waals surface area contributed by atoms with E-state index < -0.39 is 0 Å². The number of hydrogen-bond donors (Lipinski definition) is 1. The molecule has 0 atom stereocenters. The van der Waals surface area contributed by atoms with Crippen molar-refractivity contribution in [3.8, 4) is 0 Å². The number of benzene rings is 1. The van der Waals surface area contributed by atoms with Crippen molar-refractivity contribution in [1.82, 2.24) is 19.9 Å². The fourth-order valence-electron chi connectivity index (χ4n) is 4.22. The van der Waals surface area contributed by atoms with E-state index in [-0.39, 0.29) is 12.2 Å². The average molecular weight is 450 g/mol. The number of likely N-dealkylation sites (N-methyl/N-ethyl adjacent to an activating group) is 1. The minimum Gasteiger partial charge on any atom is -0.369 e. The van der Waals surface area contributed by atoms with E-state index in [4.69, 9.17) is 4.98 Å². The molecule has 0 saturated carbocycles. The first-order valence-corrected chi connectivity index (χ1v) is 11.6. The third-order valence-corrected chi connectivity index (χ3v) is 7.17. The number of piperazine rings is 1. The maximum absolute atomic E-state index is 12.7. The predicted molar refractivity (Wildman–Crippen MR) is 129 cm³/mol. The normalized spacial score (nSPS) is 16.6. The van der Waals surface area contributed by atoms with E-state index in [0.717, 1.165) is 58.8 Å². The summed E-state index contributed by atoms with van der Waals surface area (Å²) >= 11 is 1.51. The van der Waals surface area contributed by atoms with Gasteiger partial charge in [0.25, 0.3) is 0 Å². The number of nitrogens with zero attached hydrogens (tertiary/aromatic N) is 6. The molecule has 2 aliphatic heterocycles. The molecule has 1 aromatic carbocycles. The maximum Gasteiger partial charge on any atom is 0.229 e. The topological polar surface area (TPSA) is 77.5 Å². The Morgan fingerprint density at radius 2 is 1.84 bits per heavy atom. The van der Waals surface area contributed by atoms with Gasteiger partial charge < -0.3 is 20.0 Å². The Morgan fingerprint density at radius 3 is 2.59 bits per heavy atom. The number of nitrogens with one attached hydrogen (secondary N) is 1. The molecule has 166 valence electrons. The number of rotatable bonds is 3. The summed E-state index contributed by atoms with van der Waals surface area (Å²) in [5.74, 6) is 1.27. The van der Waals surface area contributed by atoms with Gasteiger partial charge in [-0.3, -0.25) is 4.79 Å². The Morgan fingerprint density at radius 1 is 1.06 bits per heavy atom. The fourth-order valence-corrected chi connectivity index (χ4v) is 5.12. The molecule has 0 bridgehead atoms. The lowest BCUT2D eigenvalue weighted by molar-refractivity contribution is 0.0990. The lowest BCUT2D eigenvalue weighted by Crippen LogP contribution is -2.44. The van der Waals surface area contributed by atoms with E-state index in [1.54, 1.807) is 6.20 Å². The van der Waals surface area contributed by atoms with Crippen LogP contribution in [0.4, 0.5) is 28.1 Å². The van der Waals surface area contributed by atoms with E-state index in [1.807, 2.05) is 18.9 Å². The molecule has 2 aromatic heterocycles. The van der Waals surface area contributed by atoms with Gasteiger partial charge in [0.1, 0.15) is 16.5 Å². The smallest absolute Gasteiger partial charge is 0.229 e. The summed E-state index contributed by atoms with van der Waals surface area (Å²) in [4.78, 5) is 33.1. The highest BCUT2D eigenvalue weighted by atomic mass is 32.1. The van der Waals surface area contributed by atoms with E-state index in [9.17, 15) is 4.79 Å². The highest BCUT2D eigenvalue weighted by Crippen LogP contribution is 2.38. The molecular weight excluding hydrogens is 422 g/mol. The monoisotopic (exact) mass is 449 g/mol. The Balaban J connectivity index is 1.40. The second-order valence-corrected chi connectivity index (χ2v) is 9.68. The number of hydrogen-bond acceptors (Lipinski definition) is 9. The second kappa shape index (κ2) is 8.14. The van der Waals surface area contributed by atoms with Gasteiger partial charge in [-0.1, -0.05) is 0 Å². The van der Waals surface area contributed by atoms with Crippen molar-refractivity contribution in [3.05, 3.63) is 46.2 Å². The third kappa shape index (κ3) is 3.82. The van der Waals surface area contributed by atoms with Crippen LogP contribution in [0, 0.1) is 13.8 Å². The number of aryl methyl sites for hydroxylation is 2.